The van der Waals surface area contributed by atoms with Gasteiger partial charge in [0.2, 0.25) is 0 Å². The van der Waals surface area contributed by atoms with Gasteiger partial charge in [0.15, 0.2) is 0 Å². The first-order valence-electron chi connectivity index (χ1n) is 6.15. The van der Waals surface area contributed by atoms with Crippen LogP contribution in [0.2, 0.25) is 0 Å². The number of carbonyl (C=O) groups is 1. The van der Waals surface area contributed by atoms with Crippen LogP contribution in [0, 0.1) is 5.92 Å². The van der Waals surface area contributed by atoms with Crippen molar-refractivity contribution >= 4 is 21.9 Å². The van der Waals surface area contributed by atoms with E-state index in [9.17, 15) is 4.79 Å². The summed E-state index contributed by atoms with van der Waals surface area (Å²) in [6.45, 7) is 0.928. The molecule has 2 rings (SSSR count). The predicted octanol–water partition coefficient (Wildman–Crippen LogP) is 3.01. The minimum absolute atomic E-state index is 0.0233. The number of likely N-dealkylation sites (tertiary alicyclic amines) is 1. The second-order valence-electron chi connectivity index (χ2n) is 4.80. The second-order valence-corrected chi connectivity index (χ2v) is 5.71. The van der Waals surface area contributed by atoms with Crippen LogP contribution in [0.4, 0.5) is 0 Å². The molecule has 0 radical (unpaired) electrons. The van der Waals surface area contributed by atoms with Crippen LogP contribution < -0.4 is 0 Å². The van der Waals surface area contributed by atoms with Gasteiger partial charge in [0.25, 0.3) is 0 Å². The summed E-state index contributed by atoms with van der Waals surface area (Å²) in [5.41, 5.74) is 1.25. The van der Waals surface area contributed by atoms with Crippen molar-refractivity contribution in [2.75, 3.05) is 20.7 Å². The van der Waals surface area contributed by atoms with Crippen LogP contribution in [0.3, 0.4) is 0 Å². The lowest BCUT2D eigenvalue weighted by molar-refractivity contribution is -0.147. The van der Waals surface area contributed by atoms with Crippen LogP contribution in [0.5, 0.6) is 0 Å². The zero-order chi connectivity index (χ0) is 13.1. The fourth-order valence-corrected chi connectivity index (χ4v) is 2.98. The highest BCUT2D eigenvalue weighted by molar-refractivity contribution is 9.10. The standard InChI is InChI=1S/C14H18BrNO2/c1-16-7-6-11(14(17)18-2)9-13(16)10-4-3-5-12(15)8-10/h3-5,8,11,13H,6-7,9H2,1-2H3. The lowest BCUT2D eigenvalue weighted by Gasteiger charge is -2.36. The Morgan fingerprint density at radius 2 is 2.28 bits per heavy atom. The quantitative estimate of drug-likeness (QED) is 0.786. The number of nitrogens with zero attached hydrogens (tertiary/aromatic N) is 1. The molecule has 0 amide bonds. The van der Waals surface area contributed by atoms with E-state index in [0.29, 0.717) is 6.04 Å². The summed E-state index contributed by atoms with van der Waals surface area (Å²) in [6, 6.07) is 8.59. The summed E-state index contributed by atoms with van der Waals surface area (Å²) in [6.07, 6.45) is 1.72. The Bertz CT molecular complexity index is 436. The average Bonchev–Trinajstić information content (AvgIpc) is 2.38. The highest BCUT2D eigenvalue weighted by atomic mass is 79.9. The van der Waals surface area contributed by atoms with Gasteiger partial charge in [-0.2, -0.15) is 0 Å². The molecule has 0 bridgehead atoms. The molecule has 1 aliphatic heterocycles. The maximum atomic E-state index is 11.7. The van der Waals surface area contributed by atoms with Crippen LogP contribution in [0.1, 0.15) is 24.4 Å². The molecule has 1 fully saturated rings. The number of halogens is 1. The van der Waals surface area contributed by atoms with Gasteiger partial charge in [-0.3, -0.25) is 9.69 Å². The van der Waals surface area contributed by atoms with Crippen LogP contribution >= 0.6 is 15.9 Å². The van der Waals surface area contributed by atoms with E-state index in [-0.39, 0.29) is 11.9 Å². The number of carbonyl (C=O) groups excluding carboxylic acids is 1. The molecule has 1 heterocycles. The molecule has 0 aromatic heterocycles. The predicted molar refractivity (Wildman–Crippen MR) is 74.3 cm³/mol. The molecule has 0 saturated carbocycles. The van der Waals surface area contributed by atoms with E-state index in [1.807, 2.05) is 12.1 Å². The van der Waals surface area contributed by atoms with Gasteiger partial charge in [-0.25, -0.2) is 0 Å². The van der Waals surface area contributed by atoms with Gasteiger partial charge in [0.05, 0.1) is 13.0 Å². The van der Waals surface area contributed by atoms with E-state index in [2.05, 4.69) is 40.0 Å². The number of esters is 1. The summed E-state index contributed by atoms with van der Waals surface area (Å²) in [7, 11) is 3.58. The smallest absolute Gasteiger partial charge is 0.308 e. The van der Waals surface area contributed by atoms with Crippen LogP contribution in [0.25, 0.3) is 0 Å². The lowest BCUT2D eigenvalue weighted by Crippen LogP contribution is -2.36. The van der Waals surface area contributed by atoms with E-state index in [4.69, 9.17) is 4.74 Å². The number of hydrogen-bond acceptors (Lipinski definition) is 3. The van der Waals surface area contributed by atoms with Gasteiger partial charge in [0, 0.05) is 10.5 Å². The minimum Gasteiger partial charge on any atom is -0.469 e. The van der Waals surface area contributed by atoms with Gasteiger partial charge in [-0.15, -0.1) is 0 Å². The fraction of sp³-hybridized carbons (Fsp3) is 0.500. The molecule has 18 heavy (non-hydrogen) atoms. The molecule has 0 aliphatic carbocycles. The van der Waals surface area contributed by atoms with Crippen molar-refractivity contribution in [3.63, 3.8) is 0 Å². The molecule has 98 valence electrons. The molecule has 2 atom stereocenters. The highest BCUT2D eigenvalue weighted by Crippen LogP contribution is 2.34. The first-order chi connectivity index (χ1) is 8.61. The van der Waals surface area contributed by atoms with Crippen molar-refractivity contribution in [3.8, 4) is 0 Å². The summed E-state index contributed by atoms with van der Waals surface area (Å²) >= 11 is 3.50. The highest BCUT2D eigenvalue weighted by Gasteiger charge is 2.31. The number of ether oxygens (including phenoxy) is 1. The SMILES string of the molecule is COC(=O)C1CCN(C)C(c2cccc(Br)c2)C1. The Morgan fingerprint density at radius 1 is 1.50 bits per heavy atom. The molecule has 0 spiro atoms. The normalized spacial score (nSPS) is 24.8. The average molecular weight is 312 g/mol. The van der Waals surface area contributed by atoms with Crippen molar-refractivity contribution in [2.24, 2.45) is 5.92 Å². The fourth-order valence-electron chi connectivity index (χ4n) is 2.57. The lowest BCUT2D eigenvalue weighted by atomic mass is 9.87. The van der Waals surface area contributed by atoms with Crippen molar-refractivity contribution in [3.05, 3.63) is 34.3 Å². The van der Waals surface area contributed by atoms with Crippen molar-refractivity contribution in [2.45, 2.75) is 18.9 Å². The third kappa shape index (κ3) is 2.93. The first kappa shape index (κ1) is 13.6. The topological polar surface area (TPSA) is 29.5 Å². The maximum Gasteiger partial charge on any atom is 0.308 e. The minimum atomic E-state index is -0.0805. The molecule has 1 aromatic carbocycles. The third-order valence-electron chi connectivity index (χ3n) is 3.64. The van der Waals surface area contributed by atoms with Crippen LogP contribution in [0.15, 0.2) is 28.7 Å². The molecule has 1 saturated heterocycles. The third-order valence-corrected chi connectivity index (χ3v) is 4.13. The van der Waals surface area contributed by atoms with Crippen molar-refractivity contribution in [1.29, 1.82) is 0 Å². The zero-order valence-electron chi connectivity index (χ0n) is 10.7. The number of benzene rings is 1. The van der Waals surface area contributed by atoms with Gasteiger partial charge < -0.3 is 4.74 Å². The van der Waals surface area contributed by atoms with Gasteiger partial charge >= 0.3 is 5.97 Å². The molecule has 3 nitrogen and oxygen atoms in total. The molecular formula is C14H18BrNO2. The van der Waals surface area contributed by atoms with Crippen LogP contribution in [-0.2, 0) is 9.53 Å². The van der Waals surface area contributed by atoms with Crippen LogP contribution in [-0.4, -0.2) is 31.6 Å². The van der Waals surface area contributed by atoms with Gasteiger partial charge in [0.1, 0.15) is 0 Å². The van der Waals surface area contributed by atoms with Crippen molar-refractivity contribution < 1.29 is 9.53 Å². The molecule has 2 unspecified atom stereocenters. The molecular weight excluding hydrogens is 294 g/mol. The number of hydrogen-bond donors (Lipinski definition) is 0. The number of rotatable bonds is 2. The van der Waals surface area contributed by atoms with Crippen molar-refractivity contribution in [1.82, 2.24) is 4.90 Å². The molecule has 1 aliphatic rings. The largest absolute Gasteiger partial charge is 0.469 e. The Labute approximate surface area is 116 Å². The second kappa shape index (κ2) is 5.85. The molecule has 1 aromatic rings. The first-order valence-corrected chi connectivity index (χ1v) is 6.94. The van der Waals surface area contributed by atoms with E-state index in [0.717, 1.165) is 23.9 Å². The van der Waals surface area contributed by atoms with E-state index >= 15 is 0 Å². The Hall–Kier alpha value is -0.870. The van der Waals surface area contributed by atoms with E-state index < -0.39 is 0 Å². The Morgan fingerprint density at radius 3 is 2.94 bits per heavy atom. The zero-order valence-corrected chi connectivity index (χ0v) is 12.3. The van der Waals surface area contributed by atoms with E-state index in [1.165, 1.54) is 12.7 Å². The molecule has 4 heteroatoms. The van der Waals surface area contributed by atoms with E-state index in [1.54, 1.807) is 0 Å². The summed E-state index contributed by atoms with van der Waals surface area (Å²) in [4.78, 5) is 14.0. The summed E-state index contributed by atoms with van der Waals surface area (Å²) in [5, 5.41) is 0. The number of methoxy groups -OCH3 is 1. The summed E-state index contributed by atoms with van der Waals surface area (Å²) < 4.78 is 5.94. The monoisotopic (exact) mass is 311 g/mol. The van der Waals surface area contributed by atoms with Gasteiger partial charge in [-0.05, 0) is 44.1 Å². The summed E-state index contributed by atoms with van der Waals surface area (Å²) in [5.74, 6) is -0.0571. The maximum absolute atomic E-state index is 11.7. The molecule has 0 N–H and O–H groups in total. The Kier molecular flexibility index (Phi) is 4.40. The Balaban J connectivity index is 2.17. The van der Waals surface area contributed by atoms with Gasteiger partial charge in [-0.1, -0.05) is 28.1 Å². The number of piperidine rings is 1.